The predicted molar refractivity (Wildman–Crippen MR) is 59.5 cm³/mol. The molecule has 1 rings (SSSR count). The molecule has 0 saturated heterocycles. The van der Waals surface area contributed by atoms with E-state index in [0.717, 1.165) is 11.8 Å². The second-order valence-corrected chi connectivity index (χ2v) is 3.81. The van der Waals surface area contributed by atoms with Crippen molar-refractivity contribution in [2.45, 2.75) is 67.2 Å². The van der Waals surface area contributed by atoms with E-state index >= 15 is 0 Å². The maximum absolute atomic E-state index is 2.43. The molecule has 0 aliphatic heterocycles. The molecule has 0 spiro atoms. The van der Waals surface area contributed by atoms with Crippen LogP contribution < -0.4 is 0 Å². The van der Waals surface area contributed by atoms with Crippen molar-refractivity contribution < 1.29 is 0 Å². The van der Waals surface area contributed by atoms with Crippen LogP contribution in [0.2, 0.25) is 0 Å². The van der Waals surface area contributed by atoms with Gasteiger partial charge in [-0.2, -0.15) is 0 Å². The summed E-state index contributed by atoms with van der Waals surface area (Å²) >= 11 is 0. The Balaban J connectivity index is 0. The van der Waals surface area contributed by atoms with Gasteiger partial charge in [0.15, 0.2) is 0 Å². The minimum absolute atomic E-state index is 0. The van der Waals surface area contributed by atoms with Gasteiger partial charge in [-0.3, -0.25) is 0 Å². The molecule has 0 radical (unpaired) electrons. The Morgan fingerprint density at radius 1 is 1.08 bits per heavy atom. The van der Waals surface area contributed by atoms with E-state index in [1.165, 1.54) is 38.5 Å². The Bertz CT molecular complexity index is 84.0. The predicted octanol–water partition coefficient (Wildman–Crippen LogP) is 4.89. The van der Waals surface area contributed by atoms with E-state index in [1.807, 2.05) is 0 Å². The molecule has 0 amide bonds. The third-order valence-electron chi connectivity index (χ3n) is 2.95. The summed E-state index contributed by atoms with van der Waals surface area (Å²) in [5, 5.41) is 0. The molecule has 0 bridgehead atoms. The number of hydrogen-bond acceptors (Lipinski definition) is 0. The van der Waals surface area contributed by atoms with Gasteiger partial charge in [0.1, 0.15) is 0 Å². The van der Waals surface area contributed by atoms with Gasteiger partial charge in [0.25, 0.3) is 0 Å². The molecule has 2 atom stereocenters. The van der Waals surface area contributed by atoms with E-state index in [0.29, 0.717) is 0 Å². The first kappa shape index (κ1) is 14.5. The van der Waals surface area contributed by atoms with E-state index in [2.05, 4.69) is 13.8 Å². The van der Waals surface area contributed by atoms with Gasteiger partial charge < -0.3 is 0 Å². The molecule has 76 valence electrons. The summed E-state index contributed by atoms with van der Waals surface area (Å²) in [7, 11) is 0. The van der Waals surface area contributed by atoms with Gasteiger partial charge in [-0.25, -0.2) is 0 Å². The molecule has 0 N–H and O–H groups in total. The maximum atomic E-state index is 2.43. The number of rotatable bonds is 2. The topological polar surface area (TPSA) is 0 Å². The van der Waals surface area contributed by atoms with Crippen LogP contribution >= 0.6 is 0 Å². The zero-order chi connectivity index (χ0) is 7.40. The third kappa shape index (κ3) is 4.13. The molecule has 12 heavy (non-hydrogen) atoms. The fourth-order valence-corrected chi connectivity index (χ4v) is 2.19. The minimum Gasteiger partial charge on any atom is -0.0776 e. The van der Waals surface area contributed by atoms with Crippen molar-refractivity contribution in [2.24, 2.45) is 11.8 Å². The summed E-state index contributed by atoms with van der Waals surface area (Å²) in [6, 6.07) is 0. The molecule has 0 heteroatoms. The molecular weight excluding hydrogens is 144 g/mol. The Labute approximate surface area is 79.8 Å². The molecule has 1 aliphatic carbocycles. The van der Waals surface area contributed by atoms with Crippen molar-refractivity contribution in [2.75, 3.05) is 0 Å². The molecule has 0 heterocycles. The monoisotopic (exact) mass is 172 g/mol. The van der Waals surface area contributed by atoms with Gasteiger partial charge in [-0.1, -0.05) is 67.2 Å². The van der Waals surface area contributed by atoms with Crippen molar-refractivity contribution >= 4 is 0 Å². The first-order valence-corrected chi connectivity index (χ1v) is 4.84. The zero-order valence-electron chi connectivity index (χ0n) is 7.40. The molecule has 1 unspecified atom stereocenters. The summed E-state index contributed by atoms with van der Waals surface area (Å²) in [5.74, 6) is 2.09. The van der Waals surface area contributed by atoms with Crippen LogP contribution in [-0.4, -0.2) is 0 Å². The summed E-state index contributed by atoms with van der Waals surface area (Å²) < 4.78 is 0. The number of hydrogen-bond donors (Lipinski definition) is 0. The van der Waals surface area contributed by atoms with Crippen LogP contribution in [0.25, 0.3) is 0 Å². The average Bonchev–Trinajstić information content (AvgIpc) is 1.94. The highest BCUT2D eigenvalue weighted by Gasteiger charge is 2.19. The van der Waals surface area contributed by atoms with Gasteiger partial charge in [-0.15, -0.1) is 0 Å². The van der Waals surface area contributed by atoms with E-state index < -0.39 is 0 Å². The summed E-state index contributed by atoms with van der Waals surface area (Å²) in [6.45, 7) is 4.74. The molecule has 0 nitrogen and oxygen atoms in total. The zero-order valence-corrected chi connectivity index (χ0v) is 7.40. The van der Waals surface area contributed by atoms with Crippen molar-refractivity contribution in [3.05, 3.63) is 0 Å². The van der Waals surface area contributed by atoms with Crippen LogP contribution in [0.1, 0.15) is 67.2 Å². The SMILES string of the molecule is C.C.CCCC1CCCC[C@H]1C. The molecule has 0 aromatic heterocycles. The molecule has 0 aromatic rings. The van der Waals surface area contributed by atoms with Crippen molar-refractivity contribution in [1.82, 2.24) is 0 Å². The highest BCUT2D eigenvalue weighted by molar-refractivity contribution is 4.71. The Morgan fingerprint density at radius 3 is 2.17 bits per heavy atom. The van der Waals surface area contributed by atoms with Gasteiger partial charge >= 0.3 is 0 Å². The van der Waals surface area contributed by atoms with E-state index in [9.17, 15) is 0 Å². The Morgan fingerprint density at radius 2 is 1.67 bits per heavy atom. The van der Waals surface area contributed by atoms with Crippen molar-refractivity contribution in [1.29, 1.82) is 0 Å². The lowest BCUT2D eigenvalue weighted by molar-refractivity contribution is 0.240. The quantitative estimate of drug-likeness (QED) is 0.556. The third-order valence-corrected chi connectivity index (χ3v) is 2.95. The van der Waals surface area contributed by atoms with Gasteiger partial charge in [0.05, 0.1) is 0 Å². The second-order valence-electron chi connectivity index (χ2n) is 3.81. The van der Waals surface area contributed by atoms with Crippen LogP contribution in [0.5, 0.6) is 0 Å². The fourth-order valence-electron chi connectivity index (χ4n) is 2.19. The normalized spacial score (nSPS) is 28.5. The lowest BCUT2D eigenvalue weighted by atomic mass is 9.78. The van der Waals surface area contributed by atoms with Gasteiger partial charge in [-0.05, 0) is 11.8 Å². The molecule has 1 fully saturated rings. The highest BCUT2D eigenvalue weighted by Crippen LogP contribution is 2.32. The van der Waals surface area contributed by atoms with E-state index in [-0.39, 0.29) is 14.9 Å². The summed E-state index contributed by atoms with van der Waals surface area (Å²) in [5.41, 5.74) is 0. The van der Waals surface area contributed by atoms with Gasteiger partial charge in [0, 0.05) is 0 Å². The van der Waals surface area contributed by atoms with E-state index in [1.54, 1.807) is 0 Å². The van der Waals surface area contributed by atoms with E-state index in [4.69, 9.17) is 0 Å². The van der Waals surface area contributed by atoms with Crippen molar-refractivity contribution in [3.8, 4) is 0 Å². The van der Waals surface area contributed by atoms with Crippen LogP contribution in [-0.2, 0) is 0 Å². The first-order chi connectivity index (χ1) is 4.84. The molecule has 1 aliphatic rings. The molecule has 1 saturated carbocycles. The fraction of sp³-hybridized carbons (Fsp3) is 1.00. The molecular formula is C12H28. The van der Waals surface area contributed by atoms with Crippen molar-refractivity contribution in [3.63, 3.8) is 0 Å². The first-order valence-electron chi connectivity index (χ1n) is 4.84. The van der Waals surface area contributed by atoms with Crippen LogP contribution in [0.4, 0.5) is 0 Å². The Kier molecular flexibility index (Phi) is 9.24. The maximum Gasteiger partial charge on any atom is -0.0389 e. The molecule has 0 aromatic carbocycles. The average molecular weight is 172 g/mol. The van der Waals surface area contributed by atoms with Gasteiger partial charge in [0.2, 0.25) is 0 Å². The largest absolute Gasteiger partial charge is 0.0776 e. The standard InChI is InChI=1S/C10H20.2CH4/c1-3-6-10-8-5-4-7-9(10)2;;/h9-10H,3-8H2,1-2H3;2*1H4/t9-,10?;;/m1../s1. The lowest BCUT2D eigenvalue weighted by Gasteiger charge is -2.28. The second kappa shape index (κ2) is 7.64. The highest BCUT2D eigenvalue weighted by atomic mass is 14.2. The lowest BCUT2D eigenvalue weighted by Crippen LogP contribution is -2.15. The minimum atomic E-state index is 0. The Hall–Kier alpha value is 0. The summed E-state index contributed by atoms with van der Waals surface area (Å²) in [6.07, 6.45) is 8.84. The van der Waals surface area contributed by atoms with Crippen LogP contribution in [0, 0.1) is 11.8 Å². The smallest absolute Gasteiger partial charge is 0.0389 e. The summed E-state index contributed by atoms with van der Waals surface area (Å²) in [4.78, 5) is 0. The van der Waals surface area contributed by atoms with Crippen LogP contribution in [0.15, 0.2) is 0 Å². The van der Waals surface area contributed by atoms with Crippen LogP contribution in [0.3, 0.4) is 0 Å².